The first-order valence-corrected chi connectivity index (χ1v) is 5.65. The van der Waals surface area contributed by atoms with Gasteiger partial charge in [-0.25, -0.2) is 0 Å². The monoisotopic (exact) mass is 210 g/mol. The van der Waals surface area contributed by atoms with Gasteiger partial charge in [-0.2, -0.15) is 17.4 Å². The molecule has 1 unspecified atom stereocenters. The summed E-state index contributed by atoms with van der Waals surface area (Å²) in [5.74, 6) is 0. The lowest BCUT2D eigenvalue weighted by Crippen LogP contribution is -2.40. The molecule has 0 aromatic heterocycles. The first-order valence-electron chi connectivity index (χ1n) is 4.20. The zero-order valence-electron chi connectivity index (χ0n) is 8.32. The SMILES string of the molecule is CC(CCCO)NS(=O)(=O)N(C)C. The van der Waals surface area contributed by atoms with Crippen LogP contribution >= 0.6 is 0 Å². The summed E-state index contributed by atoms with van der Waals surface area (Å²) >= 11 is 0. The number of aliphatic hydroxyl groups excluding tert-OH is 1. The van der Waals surface area contributed by atoms with E-state index < -0.39 is 10.2 Å². The zero-order chi connectivity index (χ0) is 10.5. The van der Waals surface area contributed by atoms with Crippen LogP contribution in [-0.4, -0.2) is 44.6 Å². The molecule has 0 saturated heterocycles. The average molecular weight is 210 g/mol. The molecular weight excluding hydrogens is 192 g/mol. The molecular formula is C7H18N2O3S. The Morgan fingerprint density at radius 3 is 2.38 bits per heavy atom. The molecule has 0 amide bonds. The molecule has 6 heteroatoms. The summed E-state index contributed by atoms with van der Waals surface area (Å²) in [7, 11) is -0.380. The van der Waals surface area contributed by atoms with Gasteiger partial charge < -0.3 is 5.11 Å². The van der Waals surface area contributed by atoms with Gasteiger partial charge in [-0.15, -0.1) is 0 Å². The lowest BCUT2D eigenvalue weighted by atomic mass is 10.2. The highest BCUT2D eigenvalue weighted by molar-refractivity contribution is 7.87. The van der Waals surface area contributed by atoms with Crippen LogP contribution < -0.4 is 4.72 Å². The van der Waals surface area contributed by atoms with E-state index in [0.29, 0.717) is 12.8 Å². The van der Waals surface area contributed by atoms with Gasteiger partial charge in [0.15, 0.2) is 0 Å². The average Bonchev–Trinajstić information content (AvgIpc) is 1.99. The van der Waals surface area contributed by atoms with E-state index in [2.05, 4.69) is 4.72 Å². The van der Waals surface area contributed by atoms with Crippen LogP contribution in [0.15, 0.2) is 0 Å². The Bertz CT molecular complexity index is 226. The van der Waals surface area contributed by atoms with E-state index in [1.165, 1.54) is 14.1 Å². The molecule has 0 aliphatic carbocycles. The fourth-order valence-electron chi connectivity index (χ4n) is 0.816. The summed E-state index contributed by atoms with van der Waals surface area (Å²) in [5, 5.41) is 8.54. The van der Waals surface area contributed by atoms with Crippen molar-refractivity contribution in [1.82, 2.24) is 9.03 Å². The summed E-state index contributed by atoms with van der Waals surface area (Å²) in [5.41, 5.74) is 0. The fraction of sp³-hybridized carbons (Fsp3) is 1.00. The second-order valence-electron chi connectivity index (χ2n) is 3.17. The van der Waals surface area contributed by atoms with Gasteiger partial charge in [0, 0.05) is 26.7 Å². The number of hydrogen-bond donors (Lipinski definition) is 2. The van der Waals surface area contributed by atoms with Gasteiger partial charge in [0.25, 0.3) is 10.2 Å². The third kappa shape index (κ3) is 5.20. The Balaban J connectivity index is 3.98. The Morgan fingerprint density at radius 2 is 2.00 bits per heavy atom. The van der Waals surface area contributed by atoms with Crippen molar-refractivity contribution in [3.63, 3.8) is 0 Å². The standard InChI is InChI=1S/C7H18N2O3S/c1-7(5-4-6-10)8-13(11,12)9(2)3/h7-8,10H,4-6H2,1-3H3. The van der Waals surface area contributed by atoms with Crippen LogP contribution in [0.1, 0.15) is 19.8 Å². The second kappa shape index (κ2) is 5.54. The van der Waals surface area contributed by atoms with Crippen LogP contribution in [0.2, 0.25) is 0 Å². The van der Waals surface area contributed by atoms with E-state index in [4.69, 9.17) is 5.11 Å². The Hall–Kier alpha value is -0.170. The molecule has 0 aliphatic rings. The van der Waals surface area contributed by atoms with Gasteiger partial charge in [0.1, 0.15) is 0 Å². The van der Waals surface area contributed by atoms with Crippen LogP contribution in [0.5, 0.6) is 0 Å². The van der Waals surface area contributed by atoms with Crippen LogP contribution in [0, 0.1) is 0 Å². The van der Waals surface area contributed by atoms with Crippen molar-refractivity contribution in [1.29, 1.82) is 0 Å². The lowest BCUT2D eigenvalue weighted by molar-refractivity contribution is 0.279. The number of nitrogens with one attached hydrogen (secondary N) is 1. The molecule has 0 radical (unpaired) electrons. The third-order valence-corrected chi connectivity index (χ3v) is 3.29. The van der Waals surface area contributed by atoms with E-state index in [1.54, 1.807) is 6.92 Å². The highest BCUT2D eigenvalue weighted by Crippen LogP contribution is 1.99. The van der Waals surface area contributed by atoms with Crippen molar-refractivity contribution >= 4 is 10.2 Å². The van der Waals surface area contributed by atoms with Crippen LogP contribution in [0.4, 0.5) is 0 Å². The first kappa shape index (κ1) is 12.8. The molecule has 0 heterocycles. The topological polar surface area (TPSA) is 69.6 Å². The summed E-state index contributed by atoms with van der Waals surface area (Å²) in [4.78, 5) is 0. The van der Waals surface area contributed by atoms with Gasteiger partial charge in [0.05, 0.1) is 0 Å². The minimum atomic E-state index is -3.33. The molecule has 0 bridgehead atoms. The lowest BCUT2D eigenvalue weighted by Gasteiger charge is -2.17. The van der Waals surface area contributed by atoms with E-state index >= 15 is 0 Å². The van der Waals surface area contributed by atoms with Crippen molar-refractivity contribution in [2.45, 2.75) is 25.8 Å². The predicted octanol–water partition coefficient (Wildman–Crippen LogP) is -0.457. The van der Waals surface area contributed by atoms with Crippen molar-refractivity contribution in [2.75, 3.05) is 20.7 Å². The van der Waals surface area contributed by atoms with Crippen LogP contribution in [-0.2, 0) is 10.2 Å². The number of aliphatic hydroxyl groups is 1. The van der Waals surface area contributed by atoms with Gasteiger partial charge in [-0.3, -0.25) is 0 Å². The predicted molar refractivity (Wildman–Crippen MR) is 51.5 cm³/mol. The zero-order valence-corrected chi connectivity index (χ0v) is 9.13. The van der Waals surface area contributed by atoms with E-state index in [-0.39, 0.29) is 12.6 Å². The molecule has 2 N–H and O–H groups in total. The fourth-order valence-corrected chi connectivity index (χ4v) is 1.65. The second-order valence-corrected chi connectivity index (χ2v) is 5.09. The Labute approximate surface area is 79.9 Å². The summed E-state index contributed by atoms with van der Waals surface area (Å²) in [6.07, 6.45) is 1.25. The molecule has 0 spiro atoms. The van der Waals surface area contributed by atoms with Crippen LogP contribution in [0.3, 0.4) is 0 Å². The Kier molecular flexibility index (Phi) is 5.46. The van der Waals surface area contributed by atoms with E-state index in [1.807, 2.05) is 0 Å². The van der Waals surface area contributed by atoms with Crippen LogP contribution in [0.25, 0.3) is 0 Å². The van der Waals surface area contributed by atoms with Gasteiger partial charge >= 0.3 is 0 Å². The molecule has 0 aromatic rings. The van der Waals surface area contributed by atoms with Crippen molar-refractivity contribution in [3.05, 3.63) is 0 Å². The highest BCUT2D eigenvalue weighted by Gasteiger charge is 2.15. The minimum Gasteiger partial charge on any atom is -0.396 e. The van der Waals surface area contributed by atoms with Crippen molar-refractivity contribution < 1.29 is 13.5 Å². The Morgan fingerprint density at radius 1 is 1.46 bits per heavy atom. The molecule has 0 fully saturated rings. The smallest absolute Gasteiger partial charge is 0.279 e. The molecule has 80 valence electrons. The first-order chi connectivity index (χ1) is 5.90. The normalized spacial score (nSPS) is 14.8. The van der Waals surface area contributed by atoms with E-state index in [0.717, 1.165) is 4.31 Å². The molecule has 0 saturated carbocycles. The maximum Gasteiger partial charge on any atom is 0.279 e. The summed E-state index contributed by atoms with van der Waals surface area (Å²) in [6.45, 7) is 1.87. The minimum absolute atomic E-state index is 0.0913. The molecule has 0 rings (SSSR count). The van der Waals surface area contributed by atoms with Crippen molar-refractivity contribution in [3.8, 4) is 0 Å². The molecule has 1 atom stereocenters. The molecule has 0 aliphatic heterocycles. The number of nitrogens with zero attached hydrogens (tertiary/aromatic N) is 1. The number of rotatable bonds is 6. The highest BCUT2D eigenvalue weighted by atomic mass is 32.2. The third-order valence-electron chi connectivity index (χ3n) is 1.63. The summed E-state index contributed by atoms with van der Waals surface area (Å²) in [6, 6.07) is -0.139. The van der Waals surface area contributed by atoms with E-state index in [9.17, 15) is 8.42 Å². The van der Waals surface area contributed by atoms with Gasteiger partial charge in [0.2, 0.25) is 0 Å². The van der Waals surface area contributed by atoms with Crippen molar-refractivity contribution in [2.24, 2.45) is 0 Å². The summed E-state index contributed by atoms with van der Waals surface area (Å²) < 4.78 is 26.1. The molecule has 13 heavy (non-hydrogen) atoms. The maximum atomic E-state index is 11.3. The van der Waals surface area contributed by atoms with Gasteiger partial charge in [-0.05, 0) is 19.8 Å². The largest absolute Gasteiger partial charge is 0.396 e. The molecule has 5 nitrogen and oxygen atoms in total. The van der Waals surface area contributed by atoms with Gasteiger partial charge in [-0.1, -0.05) is 0 Å². The number of hydrogen-bond acceptors (Lipinski definition) is 3. The quantitative estimate of drug-likeness (QED) is 0.623. The molecule has 0 aromatic carbocycles. The maximum absolute atomic E-state index is 11.3.